The van der Waals surface area contributed by atoms with E-state index in [0.29, 0.717) is 11.1 Å². The van der Waals surface area contributed by atoms with E-state index in [9.17, 15) is 10.2 Å². The molecule has 0 saturated carbocycles. The molecule has 4 heteroatoms. The van der Waals surface area contributed by atoms with Gasteiger partial charge in [0.25, 0.3) is 0 Å². The van der Waals surface area contributed by atoms with Crippen molar-refractivity contribution in [2.75, 3.05) is 0 Å². The summed E-state index contributed by atoms with van der Waals surface area (Å²) in [7, 11) is 0. The fraction of sp³-hybridized carbons (Fsp3) is 0.250. The van der Waals surface area contributed by atoms with Crippen LogP contribution in [0.15, 0.2) is 24.3 Å². The molecule has 0 spiro atoms. The Hall–Kier alpha value is 2.41. The Morgan fingerprint density at radius 3 is 1.42 bits per heavy atom. The molecule has 0 N–H and O–H groups in total. The molecule has 0 unspecified atom stereocenters. The first kappa shape index (κ1) is 16.8. The molecule has 1 aromatic rings. The van der Waals surface area contributed by atoms with E-state index in [-0.39, 0.29) is 116 Å². The first-order valence-corrected chi connectivity index (χ1v) is 3.11. The van der Waals surface area contributed by atoms with Gasteiger partial charge >= 0.3 is 103 Å². The fourth-order valence-corrected chi connectivity index (χ4v) is 0.839. The molecule has 0 radical (unpaired) electrons. The summed E-state index contributed by atoms with van der Waals surface area (Å²) >= 11 is 0. The van der Waals surface area contributed by atoms with E-state index in [1.165, 1.54) is 0 Å². The molecule has 0 fully saturated rings. The largest absolute Gasteiger partial charge is 1.00 e. The van der Waals surface area contributed by atoms with Crippen molar-refractivity contribution in [3.63, 3.8) is 0 Å². The zero-order valence-electron chi connectivity index (χ0n) is 7.54. The van der Waals surface area contributed by atoms with Gasteiger partial charge in [-0.3, -0.25) is 0 Å². The Morgan fingerprint density at radius 2 is 1.17 bits per heavy atom. The average Bonchev–Trinajstić information content (AvgIpc) is 2.04. The van der Waals surface area contributed by atoms with Crippen LogP contribution in [-0.2, 0) is 13.2 Å². The van der Waals surface area contributed by atoms with Crippen LogP contribution in [0.1, 0.15) is 11.1 Å². The van der Waals surface area contributed by atoms with Gasteiger partial charge in [0, 0.05) is 0 Å². The van der Waals surface area contributed by atoms with E-state index in [4.69, 9.17) is 0 Å². The van der Waals surface area contributed by atoms with Crippen molar-refractivity contribution in [2.24, 2.45) is 0 Å². The van der Waals surface area contributed by atoms with Crippen LogP contribution in [0.4, 0.5) is 0 Å². The maximum atomic E-state index is 10.4. The molecule has 2 nitrogen and oxygen atoms in total. The summed E-state index contributed by atoms with van der Waals surface area (Å²) in [6, 6.07) is 6.93. The Morgan fingerprint density at radius 1 is 0.833 bits per heavy atom. The van der Waals surface area contributed by atoms with Crippen molar-refractivity contribution in [1.82, 2.24) is 0 Å². The van der Waals surface area contributed by atoms with E-state index in [1.807, 2.05) is 0 Å². The first-order valence-electron chi connectivity index (χ1n) is 3.11. The Kier molecular flexibility index (Phi) is 14.0. The minimum absolute atomic E-state index is 0. The molecule has 0 amide bonds. The summed E-state index contributed by atoms with van der Waals surface area (Å²) in [5.41, 5.74) is 1.25. The van der Waals surface area contributed by atoms with Crippen molar-refractivity contribution in [2.45, 2.75) is 13.2 Å². The van der Waals surface area contributed by atoms with Gasteiger partial charge in [-0.1, -0.05) is 35.4 Å². The van der Waals surface area contributed by atoms with Crippen LogP contribution in [0.2, 0.25) is 0 Å². The third-order valence-electron chi connectivity index (χ3n) is 1.43. The zero-order chi connectivity index (χ0) is 7.40. The average molecular weight is 214 g/mol. The van der Waals surface area contributed by atoms with Crippen LogP contribution in [0.25, 0.3) is 0 Å². The maximum Gasteiger partial charge on any atom is 1.00 e. The van der Waals surface area contributed by atoms with Gasteiger partial charge in [-0.2, -0.15) is 0 Å². The van der Waals surface area contributed by atoms with Gasteiger partial charge in [0.2, 0.25) is 0 Å². The van der Waals surface area contributed by atoms with Crippen molar-refractivity contribution in [3.8, 4) is 0 Å². The quantitative estimate of drug-likeness (QED) is 0.460. The Bertz CT molecular complexity index is 193. The topological polar surface area (TPSA) is 46.1 Å². The molecular formula is C8H8K2O2. The minimum Gasteiger partial charge on any atom is -0.851 e. The van der Waals surface area contributed by atoms with Gasteiger partial charge in [-0.05, 0) is 0 Å². The van der Waals surface area contributed by atoms with E-state index in [1.54, 1.807) is 24.3 Å². The fourth-order valence-electron chi connectivity index (χ4n) is 0.839. The van der Waals surface area contributed by atoms with Crippen LogP contribution in [-0.4, -0.2) is 0 Å². The Balaban J connectivity index is 0. The molecule has 0 aliphatic carbocycles. The second-order valence-corrected chi connectivity index (χ2v) is 2.06. The van der Waals surface area contributed by atoms with Crippen LogP contribution in [0.5, 0.6) is 0 Å². The molecule has 0 atom stereocenters. The summed E-state index contributed by atoms with van der Waals surface area (Å²) in [5.74, 6) is 0. The second kappa shape index (κ2) is 9.95. The van der Waals surface area contributed by atoms with Crippen molar-refractivity contribution in [1.29, 1.82) is 0 Å². The third-order valence-corrected chi connectivity index (χ3v) is 1.43. The second-order valence-electron chi connectivity index (χ2n) is 2.06. The van der Waals surface area contributed by atoms with Crippen molar-refractivity contribution in [3.05, 3.63) is 35.4 Å². The molecule has 0 aromatic heterocycles. The van der Waals surface area contributed by atoms with E-state index in [2.05, 4.69) is 0 Å². The minimum atomic E-state index is -0.293. The molecule has 1 aromatic carbocycles. The summed E-state index contributed by atoms with van der Waals surface area (Å²) in [5, 5.41) is 20.7. The number of hydrogen-bond acceptors (Lipinski definition) is 2. The van der Waals surface area contributed by atoms with Gasteiger partial charge in [0.1, 0.15) is 0 Å². The molecule has 0 aliphatic heterocycles. The van der Waals surface area contributed by atoms with Crippen LogP contribution < -0.4 is 113 Å². The van der Waals surface area contributed by atoms with E-state index in [0.717, 1.165) is 0 Å². The molecule has 54 valence electrons. The monoisotopic (exact) mass is 214 g/mol. The van der Waals surface area contributed by atoms with E-state index < -0.39 is 0 Å². The Labute approximate surface area is 158 Å². The summed E-state index contributed by atoms with van der Waals surface area (Å²) in [6.45, 7) is -0.586. The number of hydrogen-bond donors (Lipinski definition) is 0. The smallest absolute Gasteiger partial charge is 0.851 e. The molecule has 0 saturated heterocycles. The van der Waals surface area contributed by atoms with Gasteiger partial charge in [-0.15, -0.1) is 13.2 Å². The normalized spacial score (nSPS) is 8.17. The SMILES string of the molecule is [K+].[K+].[O-]Cc1ccccc1C[O-]. The van der Waals surface area contributed by atoms with Crippen LogP contribution >= 0.6 is 0 Å². The van der Waals surface area contributed by atoms with Gasteiger partial charge in [-0.25, -0.2) is 0 Å². The molecule has 1 rings (SSSR count). The third kappa shape index (κ3) is 5.33. The van der Waals surface area contributed by atoms with Crippen LogP contribution in [0.3, 0.4) is 0 Å². The summed E-state index contributed by atoms with van der Waals surface area (Å²) < 4.78 is 0. The molecule has 0 heterocycles. The summed E-state index contributed by atoms with van der Waals surface area (Å²) in [4.78, 5) is 0. The molecule has 0 bridgehead atoms. The predicted molar refractivity (Wildman–Crippen MR) is 33.8 cm³/mol. The summed E-state index contributed by atoms with van der Waals surface area (Å²) in [6.07, 6.45) is 0. The number of rotatable bonds is 2. The van der Waals surface area contributed by atoms with Crippen molar-refractivity contribution >= 4 is 0 Å². The van der Waals surface area contributed by atoms with Gasteiger partial charge < -0.3 is 10.2 Å². The standard InChI is InChI=1S/C8H8O2.2K/c9-5-7-3-1-2-4-8(7)6-10;;/h1-4H,5-6H2;;/q-2;2*+1. The first-order chi connectivity index (χ1) is 4.88. The van der Waals surface area contributed by atoms with Crippen LogP contribution in [0, 0.1) is 0 Å². The van der Waals surface area contributed by atoms with Crippen molar-refractivity contribution < 1.29 is 113 Å². The zero-order valence-corrected chi connectivity index (χ0v) is 13.8. The van der Waals surface area contributed by atoms with Gasteiger partial charge in [0.05, 0.1) is 0 Å². The van der Waals surface area contributed by atoms with Gasteiger partial charge in [0.15, 0.2) is 0 Å². The number of benzene rings is 1. The molecular weight excluding hydrogens is 206 g/mol. The molecule has 12 heavy (non-hydrogen) atoms. The maximum absolute atomic E-state index is 10.4. The molecule has 0 aliphatic rings. The van der Waals surface area contributed by atoms with E-state index >= 15 is 0 Å². The predicted octanol–water partition coefficient (Wildman–Crippen LogP) is -6.58.